The number of hydrogen-bond acceptors (Lipinski definition) is 2. The van der Waals surface area contributed by atoms with E-state index in [0.29, 0.717) is 6.10 Å². The second kappa shape index (κ2) is 7.68. The van der Waals surface area contributed by atoms with Crippen LogP contribution in [0.15, 0.2) is 24.3 Å². The minimum absolute atomic E-state index is 0.393. The first-order valence-corrected chi connectivity index (χ1v) is 6.98. The Hall–Kier alpha value is -0.590. The van der Waals surface area contributed by atoms with Gasteiger partial charge in [-0.05, 0) is 31.9 Å². The van der Waals surface area contributed by atoms with Gasteiger partial charge >= 0.3 is 0 Å². The monoisotopic (exact) mass is 253 g/mol. The van der Waals surface area contributed by atoms with Gasteiger partial charge in [-0.2, -0.15) is 0 Å². The summed E-state index contributed by atoms with van der Waals surface area (Å²) in [5.41, 5.74) is 1.28. The standard InChI is InChI=1S/C12H18NOP.C2H6/c1-10-2-4-11(5-3-10)14-12-6-8-13(15)9-7-12;1-2/h2-5,12H,6-9,15H2,1H3;1-2H3. The van der Waals surface area contributed by atoms with Gasteiger partial charge in [0.15, 0.2) is 0 Å². The highest BCUT2D eigenvalue weighted by molar-refractivity contribution is 7.13. The van der Waals surface area contributed by atoms with Crippen LogP contribution in [0.3, 0.4) is 0 Å². The molecule has 0 saturated carbocycles. The van der Waals surface area contributed by atoms with Crippen molar-refractivity contribution in [3.05, 3.63) is 29.8 Å². The highest BCUT2D eigenvalue weighted by Gasteiger charge is 2.17. The number of hydrogen-bond donors (Lipinski definition) is 0. The molecule has 1 aromatic carbocycles. The van der Waals surface area contributed by atoms with Crippen molar-refractivity contribution in [2.45, 2.75) is 39.7 Å². The van der Waals surface area contributed by atoms with Crippen LogP contribution in [0.25, 0.3) is 0 Å². The molecular formula is C14H24NOP. The maximum absolute atomic E-state index is 5.92. The topological polar surface area (TPSA) is 12.5 Å². The van der Waals surface area contributed by atoms with E-state index >= 15 is 0 Å². The summed E-state index contributed by atoms with van der Waals surface area (Å²) in [6.45, 7) is 8.32. The summed E-state index contributed by atoms with van der Waals surface area (Å²) in [6.07, 6.45) is 2.64. The van der Waals surface area contributed by atoms with Gasteiger partial charge in [0.25, 0.3) is 0 Å². The summed E-state index contributed by atoms with van der Waals surface area (Å²) in [6, 6.07) is 8.31. The molecule has 0 radical (unpaired) electrons. The maximum atomic E-state index is 5.92. The Bertz CT molecular complexity index is 305. The Kier molecular flexibility index (Phi) is 6.54. The van der Waals surface area contributed by atoms with Crippen LogP contribution in [-0.2, 0) is 0 Å². The summed E-state index contributed by atoms with van der Waals surface area (Å²) in [4.78, 5) is 0. The van der Waals surface area contributed by atoms with Gasteiger partial charge in [-0.25, -0.2) is 0 Å². The summed E-state index contributed by atoms with van der Waals surface area (Å²) in [5, 5.41) is 0. The average molecular weight is 253 g/mol. The van der Waals surface area contributed by atoms with Crippen LogP contribution < -0.4 is 4.74 Å². The largest absolute Gasteiger partial charge is 0.490 e. The highest BCUT2D eigenvalue weighted by Crippen LogP contribution is 2.20. The van der Waals surface area contributed by atoms with Gasteiger partial charge < -0.3 is 4.74 Å². The molecule has 1 aliphatic rings. The quantitative estimate of drug-likeness (QED) is 0.746. The van der Waals surface area contributed by atoms with E-state index in [9.17, 15) is 0 Å². The molecule has 1 atom stereocenters. The molecule has 1 heterocycles. The zero-order valence-electron chi connectivity index (χ0n) is 11.1. The minimum Gasteiger partial charge on any atom is -0.490 e. The number of aryl methyl sites for hydroxylation is 1. The molecule has 1 aliphatic heterocycles. The van der Waals surface area contributed by atoms with Gasteiger partial charge in [0, 0.05) is 13.1 Å². The number of piperidine rings is 1. The molecule has 1 unspecified atom stereocenters. The zero-order chi connectivity index (χ0) is 12.7. The third-order valence-corrected chi connectivity index (χ3v) is 3.32. The van der Waals surface area contributed by atoms with E-state index in [4.69, 9.17) is 4.74 Å². The Balaban J connectivity index is 0.000000686. The molecule has 0 aromatic heterocycles. The summed E-state index contributed by atoms with van der Waals surface area (Å²) < 4.78 is 8.20. The Labute approximate surface area is 108 Å². The van der Waals surface area contributed by atoms with Crippen LogP contribution in [0.4, 0.5) is 0 Å². The van der Waals surface area contributed by atoms with Crippen molar-refractivity contribution >= 4 is 9.39 Å². The molecule has 0 aliphatic carbocycles. The smallest absolute Gasteiger partial charge is 0.119 e. The molecule has 3 heteroatoms. The van der Waals surface area contributed by atoms with Crippen LogP contribution in [0.1, 0.15) is 32.3 Å². The molecule has 2 rings (SSSR count). The Morgan fingerprint density at radius 2 is 1.65 bits per heavy atom. The van der Waals surface area contributed by atoms with Crippen molar-refractivity contribution in [1.82, 2.24) is 4.67 Å². The van der Waals surface area contributed by atoms with E-state index in [2.05, 4.69) is 45.3 Å². The van der Waals surface area contributed by atoms with E-state index in [0.717, 1.165) is 31.7 Å². The van der Waals surface area contributed by atoms with Gasteiger partial charge in [-0.15, -0.1) is 0 Å². The van der Waals surface area contributed by atoms with Crippen molar-refractivity contribution in [2.24, 2.45) is 0 Å². The molecule has 0 spiro atoms. The van der Waals surface area contributed by atoms with E-state index in [1.165, 1.54) is 5.56 Å². The van der Waals surface area contributed by atoms with E-state index in [-0.39, 0.29) is 0 Å². The van der Waals surface area contributed by atoms with Gasteiger partial charge in [0.1, 0.15) is 11.9 Å². The first kappa shape index (κ1) is 14.5. The first-order chi connectivity index (χ1) is 8.24. The summed E-state index contributed by atoms with van der Waals surface area (Å²) >= 11 is 0. The Morgan fingerprint density at radius 1 is 1.12 bits per heavy atom. The van der Waals surface area contributed by atoms with Gasteiger partial charge in [0.05, 0.1) is 0 Å². The predicted octanol–water partition coefficient (Wildman–Crippen LogP) is 3.65. The van der Waals surface area contributed by atoms with Crippen molar-refractivity contribution < 1.29 is 4.74 Å². The molecule has 1 aromatic rings. The molecular weight excluding hydrogens is 229 g/mol. The number of rotatable bonds is 2. The lowest BCUT2D eigenvalue weighted by molar-refractivity contribution is 0.138. The third kappa shape index (κ3) is 5.06. The van der Waals surface area contributed by atoms with E-state index < -0.39 is 0 Å². The summed E-state index contributed by atoms with van der Waals surface area (Å²) in [5.74, 6) is 1.00. The highest BCUT2D eigenvalue weighted by atomic mass is 31.0. The van der Waals surface area contributed by atoms with Crippen LogP contribution in [0, 0.1) is 6.92 Å². The van der Waals surface area contributed by atoms with Crippen LogP contribution >= 0.6 is 9.39 Å². The molecule has 0 amide bonds. The second-order valence-electron chi connectivity index (χ2n) is 4.17. The average Bonchev–Trinajstić information content (AvgIpc) is 2.37. The van der Waals surface area contributed by atoms with Gasteiger partial charge in [-0.3, -0.25) is 4.67 Å². The normalized spacial score (nSPS) is 17.2. The molecule has 0 bridgehead atoms. The second-order valence-corrected chi connectivity index (χ2v) is 4.90. The molecule has 1 fully saturated rings. The van der Waals surface area contributed by atoms with Crippen molar-refractivity contribution in [3.8, 4) is 5.75 Å². The SMILES string of the molecule is CC.Cc1ccc(OC2CCN(P)CC2)cc1. The Morgan fingerprint density at radius 3 is 2.18 bits per heavy atom. The number of ether oxygens (including phenoxy) is 1. The molecule has 0 N–H and O–H groups in total. The fourth-order valence-corrected chi connectivity index (χ4v) is 2.10. The van der Waals surface area contributed by atoms with Crippen LogP contribution in [0.5, 0.6) is 5.75 Å². The lowest BCUT2D eigenvalue weighted by Gasteiger charge is -2.29. The lowest BCUT2D eigenvalue weighted by Crippen LogP contribution is -2.32. The molecule has 17 heavy (non-hydrogen) atoms. The first-order valence-electron chi connectivity index (χ1n) is 6.47. The predicted molar refractivity (Wildman–Crippen MR) is 77.5 cm³/mol. The molecule has 96 valence electrons. The maximum Gasteiger partial charge on any atom is 0.119 e. The molecule has 2 nitrogen and oxygen atoms in total. The van der Waals surface area contributed by atoms with Crippen molar-refractivity contribution in [3.63, 3.8) is 0 Å². The third-order valence-electron chi connectivity index (χ3n) is 2.80. The fraction of sp³-hybridized carbons (Fsp3) is 0.571. The minimum atomic E-state index is 0.393. The van der Waals surface area contributed by atoms with Crippen molar-refractivity contribution in [1.29, 1.82) is 0 Å². The van der Waals surface area contributed by atoms with Gasteiger partial charge in [0.2, 0.25) is 0 Å². The van der Waals surface area contributed by atoms with Crippen LogP contribution in [0.2, 0.25) is 0 Å². The van der Waals surface area contributed by atoms with E-state index in [1.807, 2.05) is 13.8 Å². The van der Waals surface area contributed by atoms with Crippen molar-refractivity contribution in [2.75, 3.05) is 13.1 Å². The van der Waals surface area contributed by atoms with E-state index in [1.54, 1.807) is 0 Å². The van der Waals surface area contributed by atoms with Gasteiger partial charge in [-0.1, -0.05) is 40.9 Å². The summed E-state index contributed by atoms with van der Waals surface area (Å²) in [7, 11) is 2.76. The van der Waals surface area contributed by atoms with Crippen LogP contribution in [-0.4, -0.2) is 23.9 Å². The lowest BCUT2D eigenvalue weighted by atomic mass is 10.1. The molecule has 1 saturated heterocycles. The fourth-order valence-electron chi connectivity index (χ4n) is 1.80. The number of benzene rings is 1. The number of nitrogens with zero attached hydrogens (tertiary/aromatic N) is 1. The zero-order valence-corrected chi connectivity index (χ0v) is 12.3.